The fourth-order valence-electron chi connectivity index (χ4n) is 3.07. The molecule has 15 heavy (non-hydrogen) atoms. The maximum Gasteiger partial charge on any atom is -0.0292 e. The van der Waals surface area contributed by atoms with Crippen molar-refractivity contribution in [1.82, 2.24) is 0 Å². The van der Waals surface area contributed by atoms with Gasteiger partial charge < -0.3 is 0 Å². The molecule has 0 bridgehead atoms. The normalized spacial score (nSPS) is 36.8. The molecular weight excluding hydrogens is 180 g/mol. The van der Waals surface area contributed by atoms with Crippen LogP contribution in [0.15, 0.2) is 11.1 Å². The summed E-state index contributed by atoms with van der Waals surface area (Å²) in [5, 5.41) is 0. The Hall–Kier alpha value is -0.260. The van der Waals surface area contributed by atoms with E-state index in [0.29, 0.717) is 5.41 Å². The molecule has 0 aliphatic heterocycles. The van der Waals surface area contributed by atoms with Gasteiger partial charge in [0.1, 0.15) is 0 Å². The van der Waals surface area contributed by atoms with Crippen LogP contribution in [0.4, 0.5) is 0 Å². The molecule has 0 radical (unpaired) electrons. The molecule has 0 spiro atoms. The van der Waals surface area contributed by atoms with Gasteiger partial charge in [-0.15, -0.1) is 0 Å². The summed E-state index contributed by atoms with van der Waals surface area (Å²) in [5.41, 5.74) is 4.19. The molecule has 2 rings (SSSR count). The first-order valence-electron chi connectivity index (χ1n) is 6.66. The summed E-state index contributed by atoms with van der Waals surface area (Å²) in [7, 11) is 0. The van der Waals surface area contributed by atoms with Crippen LogP contribution in [-0.2, 0) is 0 Å². The second-order valence-corrected chi connectivity index (χ2v) is 6.66. The van der Waals surface area contributed by atoms with Crippen molar-refractivity contribution >= 4 is 0 Å². The average molecular weight is 206 g/mol. The Kier molecular flexibility index (Phi) is 2.96. The molecule has 2 atom stereocenters. The van der Waals surface area contributed by atoms with Crippen molar-refractivity contribution in [2.45, 2.75) is 66.2 Å². The third-order valence-electron chi connectivity index (χ3n) is 4.72. The maximum atomic E-state index is 2.41. The monoisotopic (exact) mass is 206 g/mol. The Morgan fingerprint density at radius 1 is 1.40 bits per heavy atom. The summed E-state index contributed by atoms with van der Waals surface area (Å²) in [6.07, 6.45) is 8.49. The highest BCUT2D eigenvalue weighted by Gasteiger charge is 2.44. The average Bonchev–Trinajstić information content (AvgIpc) is 2.59. The maximum absolute atomic E-state index is 2.41. The summed E-state index contributed by atoms with van der Waals surface area (Å²) in [6.45, 7) is 9.60. The van der Waals surface area contributed by atoms with Gasteiger partial charge in [0, 0.05) is 0 Å². The van der Waals surface area contributed by atoms with E-state index in [1.807, 2.05) is 0 Å². The van der Waals surface area contributed by atoms with Crippen LogP contribution in [-0.4, -0.2) is 0 Å². The Morgan fingerprint density at radius 2 is 2.07 bits per heavy atom. The van der Waals surface area contributed by atoms with Crippen molar-refractivity contribution in [1.29, 1.82) is 0 Å². The van der Waals surface area contributed by atoms with E-state index < -0.39 is 0 Å². The first-order valence-corrected chi connectivity index (χ1v) is 6.66. The minimum absolute atomic E-state index is 0.675. The van der Waals surface area contributed by atoms with Crippen LogP contribution in [0.5, 0.6) is 0 Å². The molecule has 0 heterocycles. The quantitative estimate of drug-likeness (QED) is 0.573. The highest BCUT2D eigenvalue weighted by molar-refractivity contribution is 5.16. The zero-order valence-corrected chi connectivity index (χ0v) is 10.9. The molecule has 0 saturated heterocycles. The first kappa shape index (κ1) is 11.2. The van der Waals surface area contributed by atoms with Crippen LogP contribution in [0.1, 0.15) is 66.2 Å². The summed E-state index contributed by atoms with van der Waals surface area (Å²) >= 11 is 0. The predicted octanol–water partition coefficient (Wildman–Crippen LogP) is 4.95. The third kappa shape index (κ3) is 2.65. The number of rotatable bonds is 3. The van der Waals surface area contributed by atoms with E-state index in [2.05, 4.69) is 27.7 Å². The van der Waals surface area contributed by atoms with Crippen molar-refractivity contribution in [2.24, 2.45) is 17.3 Å². The lowest BCUT2D eigenvalue weighted by Gasteiger charge is -2.07. The van der Waals surface area contributed by atoms with Crippen molar-refractivity contribution in [3.8, 4) is 0 Å². The lowest BCUT2D eigenvalue weighted by molar-refractivity contribution is 0.531. The first-order chi connectivity index (χ1) is 6.99. The van der Waals surface area contributed by atoms with Crippen molar-refractivity contribution in [3.05, 3.63) is 11.1 Å². The molecule has 2 saturated carbocycles. The van der Waals surface area contributed by atoms with Crippen LogP contribution in [0.2, 0.25) is 0 Å². The highest BCUT2D eigenvalue weighted by Crippen LogP contribution is 2.54. The molecule has 0 amide bonds. The molecule has 2 unspecified atom stereocenters. The molecule has 2 aliphatic carbocycles. The second kappa shape index (κ2) is 3.96. The van der Waals surface area contributed by atoms with Gasteiger partial charge in [-0.1, -0.05) is 31.9 Å². The molecule has 0 nitrogen and oxygen atoms in total. The van der Waals surface area contributed by atoms with Crippen molar-refractivity contribution in [2.75, 3.05) is 0 Å². The van der Waals surface area contributed by atoms with Gasteiger partial charge in [0.05, 0.1) is 0 Å². The van der Waals surface area contributed by atoms with E-state index in [-0.39, 0.29) is 0 Å². The fraction of sp³-hybridized carbons (Fsp3) is 0.867. The fourth-order valence-corrected chi connectivity index (χ4v) is 3.07. The Labute approximate surface area is 95.1 Å². The number of hydrogen-bond acceptors (Lipinski definition) is 0. The van der Waals surface area contributed by atoms with Crippen LogP contribution < -0.4 is 0 Å². The molecular formula is C15H26. The summed E-state index contributed by atoms with van der Waals surface area (Å²) in [4.78, 5) is 0. The molecule has 0 aromatic rings. The van der Waals surface area contributed by atoms with Gasteiger partial charge >= 0.3 is 0 Å². The van der Waals surface area contributed by atoms with Gasteiger partial charge in [0.25, 0.3) is 0 Å². The van der Waals surface area contributed by atoms with E-state index in [4.69, 9.17) is 0 Å². The second-order valence-electron chi connectivity index (χ2n) is 6.66. The Bertz CT molecular complexity index is 270. The topological polar surface area (TPSA) is 0 Å². The largest absolute Gasteiger partial charge is 0.0741 e. The molecule has 2 fully saturated rings. The van der Waals surface area contributed by atoms with Crippen molar-refractivity contribution in [3.63, 3.8) is 0 Å². The van der Waals surface area contributed by atoms with E-state index in [1.165, 1.54) is 38.5 Å². The molecule has 86 valence electrons. The lowest BCUT2D eigenvalue weighted by atomic mass is 9.99. The van der Waals surface area contributed by atoms with E-state index in [9.17, 15) is 0 Å². The summed E-state index contributed by atoms with van der Waals surface area (Å²) < 4.78 is 0. The van der Waals surface area contributed by atoms with Crippen molar-refractivity contribution < 1.29 is 0 Å². The zero-order chi connectivity index (χ0) is 11.1. The SMILES string of the molecule is C/C(CCC1CC1(C)C)=C1\CCC(C)C1. The lowest BCUT2D eigenvalue weighted by Crippen LogP contribution is -1.92. The number of allylic oxidation sites excluding steroid dienone is 2. The third-order valence-corrected chi connectivity index (χ3v) is 4.72. The number of hydrogen-bond donors (Lipinski definition) is 0. The van der Waals surface area contributed by atoms with Crippen LogP contribution in [0, 0.1) is 17.3 Å². The Balaban J connectivity index is 1.80. The summed E-state index contributed by atoms with van der Waals surface area (Å²) in [6, 6.07) is 0. The van der Waals surface area contributed by atoms with Gasteiger partial charge in [-0.25, -0.2) is 0 Å². The molecule has 0 N–H and O–H groups in total. The minimum atomic E-state index is 0.675. The van der Waals surface area contributed by atoms with Gasteiger partial charge in [-0.2, -0.15) is 0 Å². The van der Waals surface area contributed by atoms with E-state index in [0.717, 1.165) is 11.8 Å². The zero-order valence-electron chi connectivity index (χ0n) is 10.9. The highest BCUT2D eigenvalue weighted by atomic mass is 14.5. The van der Waals surface area contributed by atoms with Gasteiger partial charge in [-0.05, 0) is 62.7 Å². The standard InChI is InChI=1S/C15H26/c1-11-5-7-13(9-11)12(2)6-8-14-10-15(14,3)4/h11,14H,5-10H2,1-4H3/b13-12-. The molecule has 2 aliphatic rings. The molecule has 0 heteroatoms. The van der Waals surface area contributed by atoms with E-state index >= 15 is 0 Å². The van der Waals surface area contributed by atoms with Crippen LogP contribution >= 0.6 is 0 Å². The smallest absolute Gasteiger partial charge is 0.0292 e. The van der Waals surface area contributed by atoms with Gasteiger partial charge in [0.15, 0.2) is 0 Å². The van der Waals surface area contributed by atoms with Crippen LogP contribution in [0.25, 0.3) is 0 Å². The summed E-state index contributed by atoms with van der Waals surface area (Å²) in [5.74, 6) is 1.97. The Morgan fingerprint density at radius 3 is 2.53 bits per heavy atom. The predicted molar refractivity (Wildman–Crippen MR) is 66.8 cm³/mol. The van der Waals surface area contributed by atoms with Gasteiger partial charge in [0.2, 0.25) is 0 Å². The van der Waals surface area contributed by atoms with E-state index in [1.54, 1.807) is 11.1 Å². The molecule has 0 aromatic carbocycles. The minimum Gasteiger partial charge on any atom is -0.0741 e. The van der Waals surface area contributed by atoms with Crippen LogP contribution in [0.3, 0.4) is 0 Å². The van der Waals surface area contributed by atoms with Gasteiger partial charge in [-0.3, -0.25) is 0 Å². The molecule has 0 aromatic heterocycles.